The van der Waals surface area contributed by atoms with Crippen LogP contribution in [0.5, 0.6) is 0 Å². The number of nitrogens with zero attached hydrogens (tertiary/aromatic N) is 1. The third-order valence-electron chi connectivity index (χ3n) is 3.34. The van der Waals surface area contributed by atoms with Crippen molar-refractivity contribution in [2.75, 3.05) is 0 Å². The van der Waals surface area contributed by atoms with Crippen LogP contribution >= 0.6 is 11.3 Å². The molecule has 0 fully saturated rings. The zero-order valence-electron chi connectivity index (χ0n) is 13.7. The number of amides is 1. The Morgan fingerprint density at radius 2 is 2.04 bits per heavy atom. The minimum absolute atomic E-state index is 0.0413. The second-order valence-corrected chi connectivity index (χ2v) is 7.08. The number of benzene rings is 1. The Morgan fingerprint density at radius 1 is 1.33 bits per heavy atom. The molecule has 0 aliphatic heterocycles. The fourth-order valence-corrected chi connectivity index (χ4v) is 3.41. The molecular formula is C17H19F3N2OS. The first-order valence-electron chi connectivity index (χ1n) is 7.57. The monoisotopic (exact) mass is 356 g/mol. The van der Waals surface area contributed by atoms with Gasteiger partial charge in [0.2, 0.25) is 0 Å². The van der Waals surface area contributed by atoms with E-state index in [1.165, 1.54) is 17.4 Å². The molecule has 0 spiro atoms. The summed E-state index contributed by atoms with van der Waals surface area (Å²) in [5.74, 6) is 0.133. The molecule has 0 unspecified atom stereocenters. The minimum Gasteiger partial charge on any atom is -0.347 e. The Balaban J connectivity index is 2.05. The van der Waals surface area contributed by atoms with Gasteiger partial charge in [-0.05, 0) is 30.5 Å². The van der Waals surface area contributed by atoms with Gasteiger partial charge in [0.25, 0.3) is 5.91 Å². The SMILES string of the molecule is Cc1nc(CC(C)C)sc1C(=O)NCc1cccc(C(F)(F)F)c1. The van der Waals surface area contributed by atoms with Crippen molar-refractivity contribution in [2.24, 2.45) is 5.92 Å². The van der Waals surface area contributed by atoms with Gasteiger partial charge >= 0.3 is 6.18 Å². The number of alkyl halides is 3. The van der Waals surface area contributed by atoms with E-state index in [1.807, 2.05) is 0 Å². The summed E-state index contributed by atoms with van der Waals surface area (Å²) in [4.78, 5) is 17.2. The van der Waals surface area contributed by atoms with Gasteiger partial charge < -0.3 is 5.32 Å². The van der Waals surface area contributed by atoms with Crippen LogP contribution in [0.2, 0.25) is 0 Å². The number of aromatic nitrogens is 1. The highest BCUT2D eigenvalue weighted by Crippen LogP contribution is 2.29. The maximum absolute atomic E-state index is 12.7. The van der Waals surface area contributed by atoms with Crippen LogP contribution in [0.25, 0.3) is 0 Å². The lowest BCUT2D eigenvalue weighted by Gasteiger charge is -2.09. The third kappa shape index (κ3) is 4.80. The van der Waals surface area contributed by atoms with Crippen molar-refractivity contribution in [3.05, 3.63) is 51.0 Å². The van der Waals surface area contributed by atoms with E-state index in [2.05, 4.69) is 24.1 Å². The van der Waals surface area contributed by atoms with E-state index in [1.54, 1.807) is 13.0 Å². The normalized spacial score (nSPS) is 11.8. The van der Waals surface area contributed by atoms with E-state index in [0.29, 0.717) is 22.1 Å². The smallest absolute Gasteiger partial charge is 0.347 e. The first-order valence-corrected chi connectivity index (χ1v) is 8.39. The van der Waals surface area contributed by atoms with Crippen LogP contribution in [0.15, 0.2) is 24.3 Å². The molecule has 1 aromatic heterocycles. The van der Waals surface area contributed by atoms with E-state index in [-0.39, 0.29) is 12.5 Å². The second-order valence-electron chi connectivity index (χ2n) is 6.00. The van der Waals surface area contributed by atoms with Gasteiger partial charge in [0, 0.05) is 13.0 Å². The molecular weight excluding hydrogens is 337 g/mol. The van der Waals surface area contributed by atoms with E-state index < -0.39 is 11.7 Å². The Bertz CT molecular complexity index is 723. The highest BCUT2D eigenvalue weighted by atomic mass is 32.1. The molecule has 24 heavy (non-hydrogen) atoms. The Hall–Kier alpha value is -1.89. The first-order chi connectivity index (χ1) is 11.2. The molecule has 0 atom stereocenters. The largest absolute Gasteiger partial charge is 0.416 e. The van der Waals surface area contributed by atoms with E-state index in [4.69, 9.17) is 0 Å². The molecule has 0 saturated heterocycles. The number of carbonyl (C=O) groups is 1. The number of aryl methyl sites for hydroxylation is 1. The van der Waals surface area contributed by atoms with E-state index >= 15 is 0 Å². The van der Waals surface area contributed by atoms with Crippen molar-refractivity contribution in [1.82, 2.24) is 10.3 Å². The molecule has 0 aliphatic rings. The highest BCUT2D eigenvalue weighted by molar-refractivity contribution is 7.13. The molecule has 0 bridgehead atoms. The molecule has 1 amide bonds. The lowest BCUT2D eigenvalue weighted by molar-refractivity contribution is -0.137. The predicted molar refractivity (Wildman–Crippen MR) is 88.0 cm³/mol. The van der Waals surface area contributed by atoms with Gasteiger partial charge in [-0.15, -0.1) is 11.3 Å². The topological polar surface area (TPSA) is 42.0 Å². The number of rotatable bonds is 5. The number of hydrogen-bond acceptors (Lipinski definition) is 3. The van der Waals surface area contributed by atoms with Crippen molar-refractivity contribution in [2.45, 2.75) is 39.9 Å². The fraction of sp³-hybridized carbons (Fsp3) is 0.412. The molecule has 1 N–H and O–H groups in total. The van der Waals surface area contributed by atoms with Crippen LogP contribution in [-0.2, 0) is 19.1 Å². The summed E-state index contributed by atoms with van der Waals surface area (Å²) < 4.78 is 38.1. The van der Waals surface area contributed by atoms with Crippen molar-refractivity contribution >= 4 is 17.2 Å². The third-order valence-corrected chi connectivity index (χ3v) is 4.52. The van der Waals surface area contributed by atoms with Gasteiger partial charge in [-0.25, -0.2) is 4.98 Å². The van der Waals surface area contributed by atoms with Crippen LogP contribution in [0.3, 0.4) is 0 Å². The number of thiazole rings is 1. The van der Waals surface area contributed by atoms with Crippen LogP contribution in [0.4, 0.5) is 13.2 Å². The van der Waals surface area contributed by atoms with Gasteiger partial charge in [-0.1, -0.05) is 26.0 Å². The molecule has 1 aromatic carbocycles. The lowest BCUT2D eigenvalue weighted by atomic mass is 10.1. The average Bonchev–Trinajstić information content (AvgIpc) is 2.84. The van der Waals surface area contributed by atoms with Crippen LogP contribution in [0, 0.1) is 12.8 Å². The van der Waals surface area contributed by atoms with Crippen molar-refractivity contribution < 1.29 is 18.0 Å². The van der Waals surface area contributed by atoms with Crippen molar-refractivity contribution in [3.63, 3.8) is 0 Å². The van der Waals surface area contributed by atoms with Gasteiger partial charge in [-0.3, -0.25) is 4.79 Å². The van der Waals surface area contributed by atoms with Crippen molar-refractivity contribution in [1.29, 1.82) is 0 Å². The summed E-state index contributed by atoms with van der Waals surface area (Å²) in [6, 6.07) is 4.95. The highest BCUT2D eigenvalue weighted by Gasteiger charge is 2.30. The molecule has 2 rings (SSSR count). The van der Waals surface area contributed by atoms with Crippen molar-refractivity contribution in [3.8, 4) is 0 Å². The maximum Gasteiger partial charge on any atom is 0.416 e. The molecule has 0 saturated carbocycles. The molecule has 3 nitrogen and oxygen atoms in total. The van der Waals surface area contributed by atoms with Crippen LogP contribution in [0.1, 0.15) is 45.3 Å². The molecule has 1 heterocycles. The summed E-state index contributed by atoms with van der Waals surface area (Å²) >= 11 is 1.34. The van der Waals surface area contributed by atoms with Crippen LogP contribution < -0.4 is 5.32 Å². The van der Waals surface area contributed by atoms with Gasteiger partial charge in [0.05, 0.1) is 16.3 Å². The average molecular weight is 356 g/mol. The summed E-state index contributed by atoms with van der Waals surface area (Å²) in [5, 5.41) is 3.56. The maximum atomic E-state index is 12.7. The minimum atomic E-state index is -4.39. The number of carbonyl (C=O) groups excluding carboxylic acids is 1. The van der Waals surface area contributed by atoms with Gasteiger partial charge in [0.15, 0.2) is 0 Å². The standard InChI is InChI=1S/C17H19F3N2OS/c1-10(2)7-14-22-11(3)15(24-14)16(23)21-9-12-5-4-6-13(8-12)17(18,19)20/h4-6,8,10H,7,9H2,1-3H3,(H,21,23). The lowest BCUT2D eigenvalue weighted by Crippen LogP contribution is -2.22. The summed E-state index contributed by atoms with van der Waals surface area (Å²) in [7, 11) is 0. The second kappa shape index (κ2) is 7.34. The molecule has 2 aromatic rings. The van der Waals surface area contributed by atoms with E-state index in [0.717, 1.165) is 23.6 Å². The van der Waals surface area contributed by atoms with Gasteiger partial charge in [0.1, 0.15) is 4.88 Å². The predicted octanol–water partition coefficient (Wildman–Crippen LogP) is 4.60. The zero-order chi connectivity index (χ0) is 17.9. The Morgan fingerprint density at radius 3 is 2.67 bits per heavy atom. The number of halogens is 3. The molecule has 7 heteroatoms. The molecule has 0 aliphatic carbocycles. The van der Waals surface area contributed by atoms with E-state index in [9.17, 15) is 18.0 Å². The summed E-state index contributed by atoms with van der Waals surface area (Å²) in [6.07, 6.45) is -3.59. The van der Waals surface area contributed by atoms with Gasteiger partial charge in [-0.2, -0.15) is 13.2 Å². The quantitative estimate of drug-likeness (QED) is 0.851. The van der Waals surface area contributed by atoms with Crippen LogP contribution in [-0.4, -0.2) is 10.9 Å². The Labute approximate surface area is 142 Å². The zero-order valence-corrected chi connectivity index (χ0v) is 14.5. The number of hydrogen-bond donors (Lipinski definition) is 1. The molecule has 130 valence electrons. The fourth-order valence-electron chi connectivity index (χ4n) is 2.22. The Kier molecular flexibility index (Phi) is 5.64. The molecule has 0 radical (unpaired) electrons. The first kappa shape index (κ1) is 18.4. The number of nitrogens with one attached hydrogen (secondary N) is 1. The summed E-state index contributed by atoms with van der Waals surface area (Å²) in [5.41, 5.74) is 0.336. The summed E-state index contributed by atoms with van der Waals surface area (Å²) in [6.45, 7) is 5.95.